The summed E-state index contributed by atoms with van der Waals surface area (Å²) in [5, 5.41) is 13.3. The van der Waals surface area contributed by atoms with E-state index in [1.54, 1.807) is 35.3 Å². The number of guanidine groups is 1. The number of nitrogens with one attached hydrogen (secondary N) is 3. The topological polar surface area (TPSA) is 83.3 Å². The first kappa shape index (κ1) is 24.3. The summed E-state index contributed by atoms with van der Waals surface area (Å²) in [4.78, 5) is 16.7. The van der Waals surface area contributed by atoms with Crippen LogP contribution in [0.4, 0.5) is 10.1 Å². The third-order valence-corrected chi connectivity index (χ3v) is 4.21. The molecule has 0 spiro atoms. The molecular formula is C22H26FIN6O. The number of anilines is 1. The van der Waals surface area contributed by atoms with Crippen molar-refractivity contribution >= 4 is 41.5 Å². The minimum absolute atomic E-state index is 0. The molecule has 1 heterocycles. The molecule has 31 heavy (non-hydrogen) atoms. The molecule has 7 nitrogen and oxygen atoms in total. The number of carbonyl (C=O) groups excluding carboxylic acids is 1. The van der Waals surface area contributed by atoms with Gasteiger partial charge in [0.15, 0.2) is 5.96 Å². The van der Waals surface area contributed by atoms with E-state index in [1.807, 2.05) is 31.2 Å². The third-order valence-electron chi connectivity index (χ3n) is 4.21. The zero-order chi connectivity index (χ0) is 21.2. The van der Waals surface area contributed by atoms with Crippen LogP contribution in [0.15, 0.2) is 72.0 Å². The molecule has 3 N–H and O–H groups in total. The summed E-state index contributed by atoms with van der Waals surface area (Å²) >= 11 is 0. The second-order valence-electron chi connectivity index (χ2n) is 6.63. The van der Waals surface area contributed by atoms with Crippen molar-refractivity contribution in [1.29, 1.82) is 0 Å². The minimum atomic E-state index is -0.254. The number of hydrogen-bond donors (Lipinski definition) is 3. The van der Waals surface area contributed by atoms with Gasteiger partial charge < -0.3 is 16.0 Å². The molecule has 0 aliphatic heterocycles. The van der Waals surface area contributed by atoms with E-state index in [4.69, 9.17) is 0 Å². The molecule has 3 aromatic rings. The minimum Gasteiger partial charge on any atom is -0.357 e. The number of aliphatic imine (C=N–C) groups is 1. The van der Waals surface area contributed by atoms with Crippen LogP contribution in [0.1, 0.15) is 18.1 Å². The van der Waals surface area contributed by atoms with Crippen LogP contribution in [-0.2, 0) is 24.4 Å². The number of amides is 1. The molecule has 0 saturated carbocycles. The van der Waals surface area contributed by atoms with E-state index in [0.29, 0.717) is 24.7 Å². The lowest BCUT2D eigenvalue weighted by Crippen LogP contribution is -2.36. The van der Waals surface area contributed by atoms with Crippen molar-refractivity contribution in [2.75, 3.05) is 11.9 Å². The molecule has 1 amide bonds. The van der Waals surface area contributed by atoms with Gasteiger partial charge in [-0.15, -0.1) is 24.0 Å². The predicted molar refractivity (Wildman–Crippen MR) is 131 cm³/mol. The van der Waals surface area contributed by atoms with Crippen LogP contribution in [0, 0.1) is 5.82 Å². The lowest BCUT2D eigenvalue weighted by Gasteiger charge is -2.12. The number of rotatable bonds is 8. The maximum Gasteiger partial charge on any atom is 0.246 e. The van der Waals surface area contributed by atoms with E-state index >= 15 is 0 Å². The van der Waals surface area contributed by atoms with Crippen molar-refractivity contribution in [2.24, 2.45) is 4.99 Å². The Balaban J connectivity index is 0.00000341. The van der Waals surface area contributed by atoms with Crippen molar-refractivity contribution in [3.63, 3.8) is 0 Å². The van der Waals surface area contributed by atoms with Crippen molar-refractivity contribution in [3.05, 3.63) is 83.9 Å². The fraction of sp³-hybridized carbons (Fsp3) is 0.227. The first-order chi connectivity index (χ1) is 14.6. The number of halogens is 2. The van der Waals surface area contributed by atoms with E-state index in [0.717, 1.165) is 17.7 Å². The van der Waals surface area contributed by atoms with Gasteiger partial charge in [-0.1, -0.05) is 24.3 Å². The van der Waals surface area contributed by atoms with E-state index in [-0.39, 0.29) is 42.2 Å². The number of aromatic nitrogens is 2. The SMILES string of the molecule is CCNC(=NCc1cccc(NC(=O)Cn2cccn2)c1)NCc1ccc(F)cc1.I. The van der Waals surface area contributed by atoms with Gasteiger partial charge in [0, 0.05) is 31.2 Å². The monoisotopic (exact) mass is 536 g/mol. The second kappa shape index (κ2) is 12.7. The van der Waals surface area contributed by atoms with E-state index in [9.17, 15) is 9.18 Å². The highest BCUT2D eigenvalue weighted by atomic mass is 127. The Morgan fingerprint density at radius 3 is 2.61 bits per heavy atom. The first-order valence-corrected chi connectivity index (χ1v) is 9.75. The zero-order valence-corrected chi connectivity index (χ0v) is 19.5. The molecule has 2 aromatic carbocycles. The highest BCUT2D eigenvalue weighted by molar-refractivity contribution is 14.0. The molecular weight excluding hydrogens is 510 g/mol. The van der Waals surface area contributed by atoms with Gasteiger partial charge in [0.05, 0.1) is 6.54 Å². The van der Waals surface area contributed by atoms with Crippen LogP contribution in [0.2, 0.25) is 0 Å². The molecule has 1 aromatic heterocycles. The van der Waals surface area contributed by atoms with Gasteiger partial charge in [-0.3, -0.25) is 9.48 Å². The van der Waals surface area contributed by atoms with E-state index < -0.39 is 0 Å². The van der Waals surface area contributed by atoms with Crippen LogP contribution in [0.25, 0.3) is 0 Å². The molecule has 0 aliphatic carbocycles. The fourth-order valence-electron chi connectivity index (χ4n) is 2.79. The van der Waals surface area contributed by atoms with Gasteiger partial charge in [0.25, 0.3) is 0 Å². The Morgan fingerprint density at radius 2 is 1.90 bits per heavy atom. The smallest absolute Gasteiger partial charge is 0.246 e. The molecule has 0 unspecified atom stereocenters. The van der Waals surface area contributed by atoms with Gasteiger partial charge in [0.2, 0.25) is 5.91 Å². The molecule has 9 heteroatoms. The number of hydrogen-bond acceptors (Lipinski definition) is 3. The third kappa shape index (κ3) is 8.36. The van der Waals surface area contributed by atoms with Gasteiger partial charge in [-0.05, 0) is 48.4 Å². The Kier molecular flexibility index (Phi) is 9.95. The average Bonchev–Trinajstić information content (AvgIpc) is 3.24. The normalized spacial score (nSPS) is 10.8. The molecule has 0 bridgehead atoms. The van der Waals surface area contributed by atoms with Crippen LogP contribution in [-0.4, -0.2) is 28.2 Å². The predicted octanol–water partition coefficient (Wildman–Crippen LogP) is 3.53. The summed E-state index contributed by atoms with van der Waals surface area (Å²) in [6, 6.07) is 15.7. The molecule has 3 rings (SSSR count). The first-order valence-electron chi connectivity index (χ1n) is 9.75. The zero-order valence-electron chi connectivity index (χ0n) is 17.2. The van der Waals surface area contributed by atoms with Gasteiger partial charge in [-0.2, -0.15) is 5.10 Å². The Hall–Kier alpha value is -2.95. The lowest BCUT2D eigenvalue weighted by atomic mass is 10.2. The van der Waals surface area contributed by atoms with E-state index in [2.05, 4.69) is 26.0 Å². The van der Waals surface area contributed by atoms with Crippen molar-refractivity contribution in [2.45, 2.75) is 26.6 Å². The highest BCUT2D eigenvalue weighted by Crippen LogP contribution is 2.12. The molecule has 164 valence electrons. The highest BCUT2D eigenvalue weighted by Gasteiger charge is 2.05. The Morgan fingerprint density at radius 1 is 1.10 bits per heavy atom. The fourth-order valence-corrected chi connectivity index (χ4v) is 2.79. The Labute approximate surface area is 198 Å². The average molecular weight is 536 g/mol. The summed E-state index contributed by atoms with van der Waals surface area (Å²) in [6.45, 7) is 3.86. The molecule has 0 saturated heterocycles. The maximum atomic E-state index is 13.0. The molecule has 0 atom stereocenters. The summed E-state index contributed by atoms with van der Waals surface area (Å²) in [6.07, 6.45) is 3.38. The molecule has 0 fully saturated rings. The maximum absolute atomic E-state index is 13.0. The van der Waals surface area contributed by atoms with Gasteiger partial charge in [0.1, 0.15) is 12.4 Å². The van der Waals surface area contributed by atoms with Crippen LogP contribution >= 0.6 is 24.0 Å². The standard InChI is InChI=1S/C22H25FN6O.HI/c1-2-24-22(25-14-17-7-9-19(23)10-8-17)26-15-18-5-3-6-20(13-18)28-21(30)16-29-12-4-11-27-29;/h3-13H,2,14-16H2,1H3,(H,28,30)(H2,24,25,26);1H. The van der Waals surface area contributed by atoms with E-state index in [1.165, 1.54) is 12.1 Å². The number of nitrogens with zero attached hydrogens (tertiary/aromatic N) is 3. The summed E-state index contributed by atoms with van der Waals surface area (Å²) in [7, 11) is 0. The van der Waals surface area contributed by atoms with Crippen LogP contribution in [0.5, 0.6) is 0 Å². The number of benzene rings is 2. The van der Waals surface area contributed by atoms with Gasteiger partial charge >= 0.3 is 0 Å². The molecule has 0 radical (unpaired) electrons. The van der Waals surface area contributed by atoms with Crippen molar-refractivity contribution in [3.8, 4) is 0 Å². The van der Waals surface area contributed by atoms with Crippen LogP contribution < -0.4 is 16.0 Å². The van der Waals surface area contributed by atoms with Crippen molar-refractivity contribution < 1.29 is 9.18 Å². The number of carbonyl (C=O) groups is 1. The second-order valence-corrected chi connectivity index (χ2v) is 6.63. The van der Waals surface area contributed by atoms with Crippen LogP contribution in [0.3, 0.4) is 0 Å². The summed E-state index contributed by atoms with van der Waals surface area (Å²) in [5.41, 5.74) is 2.64. The Bertz CT molecular complexity index is 976. The summed E-state index contributed by atoms with van der Waals surface area (Å²) < 4.78 is 14.6. The van der Waals surface area contributed by atoms with Crippen molar-refractivity contribution in [1.82, 2.24) is 20.4 Å². The quantitative estimate of drug-likeness (QED) is 0.234. The van der Waals surface area contributed by atoms with Gasteiger partial charge in [-0.25, -0.2) is 9.38 Å². The molecule has 0 aliphatic rings. The lowest BCUT2D eigenvalue weighted by molar-refractivity contribution is -0.116. The largest absolute Gasteiger partial charge is 0.357 e. The summed E-state index contributed by atoms with van der Waals surface area (Å²) in [5.74, 6) is 0.263.